The van der Waals surface area contributed by atoms with E-state index < -0.39 is 24.4 Å². The average molecular weight is 532 g/mol. The molecule has 5 nitrogen and oxygen atoms in total. The molecule has 0 saturated heterocycles. The minimum Gasteiger partial charge on any atom is -0.417 e. The molecule has 200 valence electrons. The second kappa shape index (κ2) is 13.2. The molecule has 2 aromatic rings. The fourth-order valence-electron chi connectivity index (χ4n) is 3.83. The molecule has 0 N–H and O–H groups in total. The van der Waals surface area contributed by atoms with Crippen LogP contribution in [0.4, 0.5) is 0 Å². The van der Waals surface area contributed by atoms with Crippen LogP contribution in [0.15, 0.2) is 72.1 Å². The number of hydrogen-bond donors (Lipinski definition) is 0. The lowest BCUT2D eigenvalue weighted by Gasteiger charge is -2.39. The number of rotatable bonds is 14. The standard InChI is InChI=1S/C29H45NO4SSi/c1-9-21-30(35(31,32)26-18-16-24(3)17-19-26)27(20-22-34-36(7,8)29(4,5)6)28(10-2)33-23-25-14-12-11-13-15-25/h9,11-19,27-28H,1,10,20-23H2,2-8H3/t27-,28+/m0/s1. The zero-order valence-corrected chi connectivity index (χ0v) is 25.0. The van der Waals surface area contributed by atoms with E-state index >= 15 is 0 Å². The van der Waals surface area contributed by atoms with Gasteiger partial charge in [-0.3, -0.25) is 0 Å². The van der Waals surface area contributed by atoms with E-state index in [1.807, 2.05) is 56.3 Å². The zero-order chi connectivity index (χ0) is 27.0. The second-order valence-corrected chi connectivity index (χ2v) is 17.6. The van der Waals surface area contributed by atoms with Crippen LogP contribution in [-0.4, -0.2) is 46.3 Å². The van der Waals surface area contributed by atoms with Gasteiger partial charge in [0.25, 0.3) is 0 Å². The van der Waals surface area contributed by atoms with Gasteiger partial charge in [0, 0.05) is 13.2 Å². The first-order valence-electron chi connectivity index (χ1n) is 12.8. The van der Waals surface area contributed by atoms with E-state index in [2.05, 4.69) is 40.4 Å². The molecule has 2 rings (SSSR count). The predicted molar refractivity (Wildman–Crippen MR) is 152 cm³/mol. The summed E-state index contributed by atoms with van der Waals surface area (Å²) in [7, 11) is -5.76. The Bertz CT molecular complexity index is 1050. The van der Waals surface area contributed by atoms with E-state index in [-0.39, 0.29) is 22.6 Å². The highest BCUT2D eigenvalue weighted by molar-refractivity contribution is 7.89. The second-order valence-electron chi connectivity index (χ2n) is 10.9. The molecule has 2 aromatic carbocycles. The summed E-state index contributed by atoms with van der Waals surface area (Å²) in [4.78, 5) is 0.281. The third-order valence-corrected chi connectivity index (χ3v) is 13.6. The molecule has 0 spiro atoms. The summed E-state index contributed by atoms with van der Waals surface area (Å²) in [6.07, 6.45) is 2.57. The number of aryl methyl sites for hydroxylation is 1. The summed E-state index contributed by atoms with van der Waals surface area (Å²) in [6, 6.07) is 16.6. The highest BCUT2D eigenvalue weighted by Crippen LogP contribution is 2.37. The number of nitrogens with zero attached hydrogens (tertiary/aromatic N) is 1. The molecule has 0 bridgehead atoms. The molecule has 0 fully saturated rings. The van der Waals surface area contributed by atoms with Crippen LogP contribution in [0.25, 0.3) is 0 Å². The van der Waals surface area contributed by atoms with Crippen molar-refractivity contribution < 1.29 is 17.6 Å². The fraction of sp³-hybridized carbons (Fsp3) is 0.517. The Morgan fingerprint density at radius 2 is 1.67 bits per heavy atom. The molecule has 7 heteroatoms. The van der Waals surface area contributed by atoms with Crippen LogP contribution in [0.3, 0.4) is 0 Å². The van der Waals surface area contributed by atoms with Crippen molar-refractivity contribution in [1.82, 2.24) is 4.31 Å². The number of sulfonamides is 1. The van der Waals surface area contributed by atoms with Crippen LogP contribution in [0.5, 0.6) is 0 Å². The summed E-state index contributed by atoms with van der Waals surface area (Å²) in [5, 5.41) is 0.0746. The number of ether oxygens (including phenoxy) is 1. The summed E-state index contributed by atoms with van der Waals surface area (Å²) in [5.41, 5.74) is 2.07. The van der Waals surface area contributed by atoms with Gasteiger partial charge in [-0.15, -0.1) is 6.58 Å². The SMILES string of the molecule is C=CCN([C@@H](CCO[Si](C)(C)C(C)(C)C)[C@@H](CC)OCc1ccccc1)S(=O)(=O)c1ccc(C)cc1. The van der Waals surface area contributed by atoms with E-state index in [0.29, 0.717) is 26.1 Å². The van der Waals surface area contributed by atoms with Crippen LogP contribution in [0, 0.1) is 6.92 Å². The van der Waals surface area contributed by atoms with Gasteiger partial charge in [-0.1, -0.05) is 81.8 Å². The number of hydrogen-bond acceptors (Lipinski definition) is 4. The molecule has 0 saturated carbocycles. The maximum atomic E-state index is 13.9. The smallest absolute Gasteiger partial charge is 0.243 e. The van der Waals surface area contributed by atoms with Crippen molar-refractivity contribution in [3.05, 3.63) is 78.4 Å². The fourth-order valence-corrected chi connectivity index (χ4v) is 6.54. The summed E-state index contributed by atoms with van der Waals surface area (Å²) in [5.74, 6) is 0. The summed E-state index contributed by atoms with van der Waals surface area (Å²) in [6.45, 7) is 20.0. The highest BCUT2D eigenvalue weighted by atomic mass is 32.2. The molecule has 0 unspecified atom stereocenters. The van der Waals surface area contributed by atoms with E-state index in [1.54, 1.807) is 22.5 Å². The van der Waals surface area contributed by atoms with Gasteiger partial charge in [0.15, 0.2) is 8.32 Å². The molecule has 36 heavy (non-hydrogen) atoms. The van der Waals surface area contributed by atoms with E-state index in [1.165, 1.54) is 0 Å². The lowest BCUT2D eigenvalue weighted by atomic mass is 10.1. The Hall–Kier alpha value is -1.77. The maximum absolute atomic E-state index is 13.9. The first kappa shape index (κ1) is 30.5. The van der Waals surface area contributed by atoms with E-state index in [4.69, 9.17) is 9.16 Å². The van der Waals surface area contributed by atoms with Crippen LogP contribution in [0.2, 0.25) is 18.1 Å². The van der Waals surface area contributed by atoms with E-state index in [9.17, 15) is 8.42 Å². The Balaban J connectivity index is 2.39. The van der Waals surface area contributed by atoms with Crippen molar-refractivity contribution >= 4 is 18.3 Å². The van der Waals surface area contributed by atoms with Gasteiger partial charge < -0.3 is 9.16 Å². The van der Waals surface area contributed by atoms with Crippen molar-refractivity contribution in [2.45, 2.75) is 89.2 Å². The van der Waals surface area contributed by atoms with Crippen LogP contribution >= 0.6 is 0 Å². The van der Waals surface area contributed by atoms with Gasteiger partial charge in [-0.2, -0.15) is 4.31 Å². The molecule has 0 radical (unpaired) electrons. The molecule has 0 aliphatic carbocycles. The van der Waals surface area contributed by atoms with E-state index in [0.717, 1.165) is 11.1 Å². The maximum Gasteiger partial charge on any atom is 0.243 e. The topological polar surface area (TPSA) is 55.8 Å². The molecular formula is C29H45NO4SSi. The summed E-state index contributed by atoms with van der Waals surface area (Å²) < 4.78 is 42.2. The lowest BCUT2D eigenvalue weighted by Crippen LogP contribution is -2.49. The first-order chi connectivity index (χ1) is 16.8. The number of benzene rings is 2. The monoisotopic (exact) mass is 531 g/mol. The van der Waals surface area contributed by atoms with Crippen molar-refractivity contribution in [3.63, 3.8) is 0 Å². The van der Waals surface area contributed by atoms with Crippen molar-refractivity contribution in [3.8, 4) is 0 Å². The van der Waals surface area contributed by atoms with Crippen LogP contribution in [0.1, 0.15) is 51.7 Å². The molecule has 0 amide bonds. The minimum absolute atomic E-state index is 0.0746. The van der Waals surface area contributed by atoms with Gasteiger partial charge >= 0.3 is 0 Å². The Labute approximate surface area is 220 Å². The average Bonchev–Trinajstić information content (AvgIpc) is 2.82. The van der Waals surface area contributed by atoms with Gasteiger partial charge in [-0.05, 0) is 55.6 Å². The normalized spacial score (nSPS) is 14.6. The van der Waals surface area contributed by atoms with Crippen molar-refractivity contribution in [1.29, 1.82) is 0 Å². The Morgan fingerprint density at radius 3 is 2.19 bits per heavy atom. The minimum atomic E-state index is -3.77. The molecule has 2 atom stereocenters. The largest absolute Gasteiger partial charge is 0.417 e. The van der Waals surface area contributed by atoms with Crippen LogP contribution in [-0.2, 0) is 25.8 Å². The molecule has 0 aliphatic heterocycles. The third-order valence-electron chi connectivity index (χ3n) is 7.13. The molecular weight excluding hydrogens is 486 g/mol. The zero-order valence-electron chi connectivity index (χ0n) is 23.2. The van der Waals surface area contributed by atoms with Crippen molar-refractivity contribution in [2.75, 3.05) is 13.2 Å². The van der Waals surface area contributed by atoms with Gasteiger partial charge in [0.2, 0.25) is 10.0 Å². The lowest BCUT2D eigenvalue weighted by molar-refractivity contribution is -0.0107. The Kier molecular flexibility index (Phi) is 11.1. The van der Waals surface area contributed by atoms with Gasteiger partial charge in [0.1, 0.15) is 0 Å². The van der Waals surface area contributed by atoms with Gasteiger partial charge in [0.05, 0.1) is 23.6 Å². The first-order valence-corrected chi connectivity index (χ1v) is 17.2. The Morgan fingerprint density at radius 1 is 1.06 bits per heavy atom. The molecule has 0 heterocycles. The molecule has 0 aliphatic rings. The van der Waals surface area contributed by atoms with Crippen LogP contribution < -0.4 is 0 Å². The third kappa shape index (κ3) is 8.12. The van der Waals surface area contributed by atoms with Gasteiger partial charge in [-0.25, -0.2) is 8.42 Å². The quantitative estimate of drug-likeness (QED) is 0.196. The predicted octanol–water partition coefficient (Wildman–Crippen LogP) is 6.95. The molecule has 0 aromatic heterocycles. The van der Waals surface area contributed by atoms with Crippen molar-refractivity contribution in [2.24, 2.45) is 0 Å². The highest BCUT2D eigenvalue weighted by Gasteiger charge is 2.39. The summed E-state index contributed by atoms with van der Waals surface area (Å²) >= 11 is 0.